The zero-order valence-electron chi connectivity index (χ0n) is 10.5. The molecule has 2 heterocycles. The lowest BCUT2D eigenvalue weighted by molar-refractivity contribution is 0.165. The molecule has 0 aliphatic carbocycles. The van der Waals surface area contributed by atoms with E-state index < -0.39 is 0 Å². The molecule has 0 amide bonds. The van der Waals surface area contributed by atoms with Crippen molar-refractivity contribution < 1.29 is 9.13 Å². The van der Waals surface area contributed by atoms with Gasteiger partial charge < -0.3 is 10.1 Å². The van der Waals surface area contributed by atoms with Crippen molar-refractivity contribution >= 4 is 0 Å². The molecule has 0 radical (unpaired) electrons. The third-order valence-corrected chi connectivity index (χ3v) is 3.81. The van der Waals surface area contributed by atoms with E-state index in [1.54, 1.807) is 6.07 Å². The van der Waals surface area contributed by atoms with Crippen LogP contribution in [0.5, 0.6) is 5.75 Å². The van der Waals surface area contributed by atoms with Crippen molar-refractivity contribution in [2.24, 2.45) is 0 Å². The molecule has 2 aliphatic rings. The van der Waals surface area contributed by atoms with Crippen molar-refractivity contribution in [3.63, 3.8) is 0 Å². The molecular formula is C14H19FN2O. The lowest BCUT2D eigenvalue weighted by atomic mass is 9.99. The Morgan fingerprint density at radius 3 is 2.94 bits per heavy atom. The van der Waals surface area contributed by atoms with Crippen LogP contribution in [0.2, 0.25) is 0 Å². The Bertz CT molecular complexity index is 418. The van der Waals surface area contributed by atoms with E-state index in [1.165, 1.54) is 6.07 Å². The fraction of sp³-hybridized carbons (Fsp3) is 0.571. The van der Waals surface area contributed by atoms with Crippen LogP contribution in [-0.2, 0) is 0 Å². The van der Waals surface area contributed by atoms with Crippen molar-refractivity contribution in [3.05, 3.63) is 29.6 Å². The van der Waals surface area contributed by atoms with Crippen LogP contribution in [0, 0.1) is 5.82 Å². The third kappa shape index (κ3) is 2.35. The number of rotatable bonds is 1. The van der Waals surface area contributed by atoms with E-state index in [0.717, 1.165) is 50.3 Å². The molecule has 4 heteroatoms. The fourth-order valence-electron chi connectivity index (χ4n) is 2.90. The van der Waals surface area contributed by atoms with Gasteiger partial charge in [-0.3, -0.25) is 4.90 Å². The molecular weight excluding hydrogens is 231 g/mol. The van der Waals surface area contributed by atoms with Gasteiger partial charge in [0, 0.05) is 43.9 Å². The number of halogens is 1. The first-order chi connectivity index (χ1) is 8.84. The minimum Gasteiger partial charge on any atom is -0.493 e. The van der Waals surface area contributed by atoms with Gasteiger partial charge in [0.25, 0.3) is 0 Å². The van der Waals surface area contributed by atoms with Gasteiger partial charge in [0.1, 0.15) is 11.6 Å². The number of hydrogen-bond acceptors (Lipinski definition) is 3. The second-order valence-corrected chi connectivity index (χ2v) is 4.97. The summed E-state index contributed by atoms with van der Waals surface area (Å²) in [5, 5.41) is 3.37. The van der Waals surface area contributed by atoms with E-state index in [-0.39, 0.29) is 5.82 Å². The maximum atomic E-state index is 13.3. The van der Waals surface area contributed by atoms with Crippen LogP contribution < -0.4 is 10.1 Å². The molecule has 0 aromatic heterocycles. The normalized spacial score (nSPS) is 25.1. The molecule has 98 valence electrons. The average molecular weight is 250 g/mol. The minimum atomic E-state index is -0.213. The molecule has 1 unspecified atom stereocenters. The van der Waals surface area contributed by atoms with Gasteiger partial charge >= 0.3 is 0 Å². The number of ether oxygens (including phenoxy) is 1. The quantitative estimate of drug-likeness (QED) is 0.824. The Kier molecular flexibility index (Phi) is 3.48. The van der Waals surface area contributed by atoms with E-state index in [0.29, 0.717) is 12.6 Å². The maximum absolute atomic E-state index is 13.3. The van der Waals surface area contributed by atoms with E-state index in [2.05, 4.69) is 10.2 Å². The Morgan fingerprint density at radius 2 is 2.11 bits per heavy atom. The molecule has 3 nitrogen and oxygen atoms in total. The first kappa shape index (κ1) is 11.9. The van der Waals surface area contributed by atoms with Crippen molar-refractivity contribution in [1.82, 2.24) is 10.2 Å². The van der Waals surface area contributed by atoms with Crippen LogP contribution in [0.25, 0.3) is 0 Å². The molecule has 1 aromatic rings. The van der Waals surface area contributed by atoms with Crippen LogP contribution >= 0.6 is 0 Å². The summed E-state index contributed by atoms with van der Waals surface area (Å²) < 4.78 is 19.0. The summed E-state index contributed by atoms with van der Waals surface area (Å²) in [5.74, 6) is 0.519. The smallest absolute Gasteiger partial charge is 0.126 e. The summed E-state index contributed by atoms with van der Waals surface area (Å²) in [7, 11) is 0. The third-order valence-electron chi connectivity index (χ3n) is 3.81. The summed E-state index contributed by atoms with van der Waals surface area (Å²) in [6, 6.07) is 5.34. The molecule has 18 heavy (non-hydrogen) atoms. The summed E-state index contributed by atoms with van der Waals surface area (Å²) in [6.07, 6.45) is 2.13. The second kappa shape index (κ2) is 5.24. The van der Waals surface area contributed by atoms with Gasteiger partial charge in [0.15, 0.2) is 0 Å². The maximum Gasteiger partial charge on any atom is 0.126 e. The predicted octanol–water partition coefficient (Wildman–Crippen LogP) is 1.94. The number of nitrogens with one attached hydrogen (secondary N) is 1. The van der Waals surface area contributed by atoms with Crippen LogP contribution in [-0.4, -0.2) is 37.7 Å². The van der Waals surface area contributed by atoms with Crippen molar-refractivity contribution in [3.8, 4) is 5.75 Å². The highest BCUT2D eigenvalue weighted by molar-refractivity contribution is 5.37. The summed E-state index contributed by atoms with van der Waals surface area (Å²) in [5.41, 5.74) is 1.15. The number of nitrogens with zero attached hydrogens (tertiary/aromatic N) is 1. The van der Waals surface area contributed by atoms with Crippen LogP contribution in [0.4, 0.5) is 4.39 Å². The first-order valence-electron chi connectivity index (χ1n) is 6.71. The molecule has 0 saturated carbocycles. The molecule has 1 fully saturated rings. The Hall–Kier alpha value is -1.13. The first-order valence-corrected chi connectivity index (χ1v) is 6.71. The van der Waals surface area contributed by atoms with E-state index in [1.807, 2.05) is 6.07 Å². The minimum absolute atomic E-state index is 0.213. The Morgan fingerprint density at radius 1 is 1.28 bits per heavy atom. The van der Waals surface area contributed by atoms with Gasteiger partial charge in [-0.2, -0.15) is 0 Å². The predicted molar refractivity (Wildman–Crippen MR) is 68.3 cm³/mol. The summed E-state index contributed by atoms with van der Waals surface area (Å²) >= 11 is 0. The lowest BCUT2D eigenvalue weighted by Gasteiger charge is -2.34. The fourth-order valence-corrected chi connectivity index (χ4v) is 2.90. The van der Waals surface area contributed by atoms with Gasteiger partial charge in [-0.15, -0.1) is 0 Å². The van der Waals surface area contributed by atoms with Gasteiger partial charge in [-0.1, -0.05) is 6.07 Å². The van der Waals surface area contributed by atoms with Crippen molar-refractivity contribution in [2.45, 2.75) is 18.9 Å². The van der Waals surface area contributed by atoms with E-state index in [4.69, 9.17) is 4.74 Å². The molecule has 0 spiro atoms. The number of fused-ring (bicyclic) bond motifs is 1. The second-order valence-electron chi connectivity index (χ2n) is 4.97. The van der Waals surface area contributed by atoms with Gasteiger partial charge in [-0.25, -0.2) is 4.39 Å². The van der Waals surface area contributed by atoms with Crippen LogP contribution in [0.1, 0.15) is 24.4 Å². The lowest BCUT2D eigenvalue weighted by Crippen LogP contribution is -2.45. The van der Waals surface area contributed by atoms with Crippen LogP contribution in [0.15, 0.2) is 18.2 Å². The van der Waals surface area contributed by atoms with Gasteiger partial charge in [0.05, 0.1) is 6.61 Å². The number of piperazine rings is 1. The molecule has 1 N–H and O–H groups in total. The van der Waals surface area contributed by atoms with Crippen molar-refractivity contribution in [1.29, 1.82) is 0 Å². The molecule has 0 bridgehead atoms. The highest BCUT2D eigenvalue weighted by atomic mass is 19.1. The number of hydrogen-bond donors (Lipinski definition) is 1. The zero-order valence-corrected chi connectivity index (χ0v) is 10.5. The highest BCUT2D eigenvalue weighted by Crippen LogP contribution is 2.35. The standard InChI is InChI=1S/C14H19FN2O/c15-11-3-4-12-13(17-7-5-16-6-8-17)2-1-9-18-14(12)10-11/h3-4,10,13,16H,1-2,5-9H2. The SMILES string of the molecule is Fc1ccc2c(c1)OCCCC2N1CCNCC1. The highest BCUT2D eigenvalue weighted by Gasteiger charge is 2.26. The molecule has 1 saturated heterocycles. The molecule has 2 aliphatic heterocycles. The summed E-state index contributed by atoms with van der Waals surface area (Å²) in [6.45, 7) is 4.88. The van der Waals surface area contributed by atoms with E-state index in [9.17, 15) is 4.39 Å². The van der Waals surface area contributed by atoms with Crippen LogP contribution in [0.3, 0.4) is 0 Å². The number of benzene rings is 1. The Labute approximate surface area is 107 Å². The molecule has 1 aromatic carbocycles. The topological polar surface area (TPSA) is 24.5 Å². The zero-order chi connectivity index (χ0) is 12.4. The van der Waals surface area contributed by atoms with E-state index >= 15 is 0 Å². The van der Waals surface area contributed by atoms with Crippen molar-refractivity contribution in [2.75, 3.05) is 32.8 Å². The molecule has 1 atom stereocenters. The Balaban J connectivity index is 1.90. The largest absolute Gasteiger partial charge is 0.493 e. The monoisotopic (exact) mass is 250 g/mol. The van der Waals surface area contributed by atoms with Gasteiger partial charge in [-0.05, 0) is 18.9 Å². The summed E-state index contributed by atoms with van der Waals surface area (Å²) in [4.78, 5) is 2.49. The molecule has 3 rings (SSSR count). The average Bonchev–Trinajstić information content (AvgIpc) is 2.61. The van der Waals surface area contributed by atoms with Gasteiger partial charge in [0.2, 0.25) is 0 Å².